The molecule has 1 aromatic carbocycles. The molecule has 3 fully saturated rings. The fraction of sp³-hybridized carbons (Fsp3) is 0.552. The predicted octanol–water partition coefficient (Wildman–Crippen LogP) is 4.12. The van der Waals surface area contributed by atoms with E-state index >= 15 is 0 Å². The smallest absolute Gasteiger partial charge is 0.311 e. The Balaban J connectivity index is 1.81. The highest BCUT2D eigenvalue weighted by atomic mass is 79.9. The number of aliphatic hydroxyl groups is 1. The molecule has 3 saturated heterocycles. The van der Waals surface area contributed by atoms with Gasteiger partial charge >= 0.3 is 5.97 Å². The molecule has 0 saturated carbocycles. The first-order valence-electron chi connectivity index (χ1n) is 13.3. The third-order valence-electron chi connectivity index (χ3n) is 7.96. The molecular formula is C29H37BrN2O5S. The molecule has 3 aliphatic rings. The monoisotopic (exact) mass is 604 g/mol. The number of esters is 1. The van der Waals surface area contributed by atoms with Gasteiger partial charge in [-0.2, -0.15) is 0 Å². The van der Waals surface area contributed by atoms with Gasteiger partial charge in [0.15, 0.2) is 0 Å². The third kappa shape index (κ3) is 4.97. The first-order valence-corrected chi connectivity index (χ1v) is 15.1. The summed E-state index contributed by atoms with van der Waals surface area (Å²) in [7, 11) is 0. The maximum atomic E-state index is 14.5. The Morgan fingerprint density at radius 3 is 2.66 bits per heavy atom. The van der Waals surface area contributed by atoms with Crippen molar-refractivity contribution >= 4 is 45.5 Å². The number of alkyl halides is 1. The summed E-state index contributed by atoms with van der Waals surface area (Å²) in [6.45, 7) is 10.3. The van der Waals surface area contributed by atoms with Crippen LogP contribution >= 0.6 is 27.7 Å². The number of nitrogens with zero attached hydrogens (tertiary/aromatic N) is 2. The van der Waals surface area contributed by atoms with Crippen LogP contribution in [0.25, 0.3) is 0 Å². The quantitative estimate of drug-likeness (QED) is 0.158. The van der Waals surface area contributed by atoms with E-state index in [0.29, 0.717) is 19.5 Å². The van der Waals surface area contributed by atoms with Crippen LogP contribution in [0.1, 0.15) is 44.2 Å². The number of likely N-dealkylation sites (tertiary alicyclic amines) is 1. The number of hydrogen-bond acceptors (Lipinski definition) is 6. The van der Waals surface area contributed by atoms with E-state index in [2.05, 4.69) is 36.0 Å². The number of amides is 2. The Morgan fingerprint density at radius 2 is 2.03 bits per heavy atom. The zero-order chi connectivity index (χ0) is 27.4. The van der Waals surface area contributed by atoms with Gasteiger partial charge in [0, 0.05) is 23.2 Å². The molecular weight excluding hydrogens is 568 g/mol. The number of unbranched alkanes of at least 4 members (excludes halogenated alkanes) is 2. The summed E-state index contributed by atoms with van der Waals surface area (Å²) in [5, 5.41) is 10.4. The molecule has 1 N–H and O–H groups in total. The van der Waals surface area contributed by atoms with Crippen LogP contribution < -0.4 is 0 Å². The second-order valence-corrected chi connectivity index (χ2v) is 12.9. The van der Waals surface area contributed by atoms with Crippen molar-refractivity contribution in [3.05, 3.63) is 61.2 Å². The van der Waals surface area contributed by atoms with Gasteiger partial charge in [0.25, 0.3) is 0 Å². The average molecular weight is 606 g/mol. The third-order valence-corrected chi connectivity index (χ3v) is 11.2. The standard InChI is InChI=1S/C29H37BrN2O5S/c1-4-7-11-15-31(14-5-2)27(35)25-29-17-20(30)24(38-29)22(28(36)37-16-6-3)23(29)26(34)32(25)21(18-33)19-12-9-8-10-13-19/h5-6,8-10,12-13,20-25,33H,2-4,7,11,14-18H2,1H3/t20?,21-,22+,23+,24+,25?,29?/m1/s1. The second kappa shape index (κ2) is 12.4. The van der Waals surface area contributed by atoms with Gasteiger partial charge in [0.05, 0.1) is 29.2 Å². The normalized spacial score (nSPS) is 30.1. The number of thioether (sulfide) groups is 1. The van der Waals surface area contributed by atoms with E-state index in [1.165, 1.54) is 6.08 Å². The lowest BCUT2D eigenvalue weighted by atomic mass is 9.71. The maximum absolute atomic E-state index is 14.5. The molecule has 2 bridgehead atoms. The number of carbonyl (C=O) groups excluding carboxylic acids is 3. The van der Waals surface area contributed by atoms with Crippen LogP contribution in [-0.2, 0) is 19.1 Å². The van der Waals surface area contributed by atoms with Crippen LogP contribution in [0.3, 0.4) is 0 Å². The van der Waals surface area contributed by atoms with Gasteiger partial charge in [-0.15, -0.1) is 18.3 Å². The van der Waals surface area contributed by atoms with Crippen LogP contribution in [0.5, 0.6) is 0 Å². The first-order chi connectivity index (χ1) is 18.4. The number of fused-ring (bicyclic) bond motifs is 1. The number of carbonyl (C=O) groups is 3. The number of rotatable bonds is 13. The van der Waals surface area contributed by atoms with Crippen molar-refractivity contribution in [2.75, 3.05) is 26.3 Å². The van der Waals surface area contributed by atoms with E-state index in [1.807, 2.05) is 30.3 Å². The van der Waals surface area contributed by atoms with Crippen LogP contribution in [0, 0.1) is 11.8 Å². The average Bonchev–Trinajstić information content (AvgIpc) is 3.51. The van der Waals surface area contributed by atoms with E-state index in [0.717, 1.165) is 24.8 Å². The number of ether oxygens (including phenoxy) is 1. The Bertz CT molecular complexity index is 1050. The van der Waals surface area contributed by atoms with Crippen molar-refractivity contribution in [3.8, 4) is 0 Å². The van der Waals surface area contributed by atoms with Crippen LogP contribution in [0.4, 0.5) is 0 Å². The van der Waals surface area contributed by atoms with Gasteiger partial charge < -0.3 is 19.6 Å². The molecule has 206 valence electrons. The van der Waals surface area contributed by atoms with Gasteiger partial charge in [-0.05, 0) is 18.4 Å². The minimum absolute atomic E-state index is 0.0506. The molecule has 0 aliphatic carbocycles. The summed E-state index contributed by atoms with van der Waals surface area (Å²) < 4.78 is 4.65. The Labute approximate surface area is 237 Å². The Morgan fingerprint density at radius 1 is 1.29 bits per heavy atom. The lowest BCUT2D eigenvalue weighted by molar-refractivity contribution is -0.153. The van der Waals surface area contributed by atoms with Crippen molar-refractivity contribution in [3.63, 3.8) is 0 Å². The summed E-state index contributed by atoms with van der Waals surface area (Å²) in [6.07, 6.45) is 6.65. The molecule has 1 aromatic rings. The summed E-state index contributed by atoms with van der Waals surface area (Å²) in [4.78, 5) is 45.4. The number of halogens is 1. The van der Waals surface area contributed by atoms with Gasteiger partial charge in [-0.25, -0.2) is 0 Å². The molecule has 2 amide bonds. The molecule has 38 heavy (non-hydrogen) atoms. The fourth-order valence-electron chi connectivity index (χ4n) is 6.39. The predicted molar refractivity (Wildman–Crippen MR) is 153 cm³/mol. The SMILES string of the molecule is C=CCOC(=O)[C@H]1[C@H]2C(=O)N([C@H](CO)c3ccccc3)C(C(=O)N(CC=C)CCCCC)C23CC(Br)[C@@H]1S3. The molecule has 3 heterocycles. The Hall–Kier alpha value is -2.10. The fourth-order valence-corrected chi connectivity index (χ4v) is 9.97. The minimum atomic E-state index is -0.828. The molecule has 0 radical (unpaired) electrons. The summed E-state index contributed by atoms with van der Waals surface area (Å²) >= 11 is 5.34. The van der Waals surface area contributed by atoms with Crippen LogP contribution in [-0.4, -0.2) is 79.9 Å². The molecule has 4 rings (SSSR count). The molecule has 0 aromatic heterocycles. The second-order valence-electron chi connectivity index (χ2n) is 10.2. The van der Waals surface area contributed by atoms with Gasteiger partial charge in [-0.3, -0.25) is 14.4 Å². The highest BCUT2D eigenvalue weighted by molar-refractivity contribution is 9.09. The summed E-state index contributed by atoms with van der Waals surface area (Å²) in [5.74, 6) is -2.26. The number of aliphatic hydroxyl groups excluding tert-OH is 1. The van der Waals surface area contributed by atoms with E-state index < -0.39 is 34.6 Å². The highest BCUT2D eigenvalue weighted by Crippen LogP contribution is 2.68. The van der Waals surface area contributed by atoms with E-state index in [-0.39, 0.29) is 35.1 Å². The van der Waals surface area contributed by atoms with Gasteiger partial charge in [0.1, 0.15) is 12.6 Å². The topological polar surface area (TPSA) is 87.1 Å². The van der Waals surface area contributed by atoms with Crippen molar-refractivity contribution in [1.82, 2.24) is 9.80 Å². The van der Waals surface area contributed by atoms with E-state index in [9.17, 15) is 19.5 Å². The van der Waals surface area contributed by atoms with E-state index in [4.69, 9.17) is 4.74 Å². The molecule has 7 nitrogen and oxygen atoms in total. The first kappa shape index (κ1) is 28.9. The largest absolute Gasteiger partial charge is 0.461 e. The lowest BCUT2D eigenvalue weighted by Gasteiger charge is -2.40. The van der Waals surface area contributed by atoms with Crippen LogP contribution in [0.2, 0.25) is 0 Å². The van der Waals surface area contributed by atoms with Crippen molar-refractivity contribution in [2.24, 2.45) is 11.8 Å². The highest BCUT2D eigenvalue weighted by Gasteiger charge is 2.76. The van der Waals surface area contributed by atoms with Gasteiger partial charge in [0.2, 0.25) is 11.8 Å². The van der Waals surface area contributed by atoms with Crippen molar-refractivity contribution in [1.29, 1.82) is 0 Å². The zero-order valence-electron chi connectivity index (χ0n) is 21.8. The minimum Gasteiger partial charge on any atom is -0.461 e. The number of benzene rings is 1. The molecule has 3 unspecified atom stereocenters. The van der Waals surface area contributed by atoms with E-state index in [1.54, 1.807) is 27.6 Å². The zero-order valence-corrected chi connectivity index (χ0v) is 24.2. The van der Waals surface area contributed by atoms with Gasteiger partial charge in [-0.1, -0.05) is 84.8 Å². The summed E-state index contributed by atoms with van der Waals surface area (Å²) in [6, 6.07) is 7.76. The lowest BCUT2D eigenvalue weighted by Crippen LogP contribution is -2.56. The van der Waals surface area contributed by atoms with Crippen molar-refractivity contribution < 1.29 is 24.2 Å². The van der Waals surface area contributed by atoms with Crippen LogP contribution in [0.15, 0.2) is 55.6 Å². The molecule has 9 heteroatoms. The maximum Gasteiger partial charge on any atom is 0.311 e. The summed E-state index contributed by atoms with van der Waals surface area (Å²) in [5.41, 5.74) is 0.750. The Kier molecular flexibility index (Phi) is 9.42. The van der Waals surface area contributed by atoms with Crippen molar-refractivity contribution in [2.45, 2.75) is 59.5 Å². The number of hydrogen-bond donors (Lipinski definition) is 1. The molecule has 3 aliphatic heterocycles. The molecule has 1 spiro atoms. The molecule has 7 atom stereocenters.